The van der Waals surface area contributed by atoms with Crippen LogP contribution in [0.2, 0.25) is 0 Å². The molecule has 0 bridgehead atoms. The second-order valence-corrected chi connectivity index (χ2v) is 6.51. The Hall–Kier alpha value is -1.73. The Morgan fingerprint density at radius 1 is 1.50 bits per heavy atom. The molecule has 0 aliphatic carbocycles. The number of aliphatic hydroxyl groups excluding tert-OH is 1. The summed E-state index contributed by atoms with van der Waals surface area (Å²) >= 11 is 1.66. The van der Waals surface area contributed by atoms with Gasteiger partial charge >= 0.3 is 0 Å². The van der Waals surface area contributed by atoms with Crippen molar-refractivity contribution in [3.8, 4) is 0 Å². The number of nitrogens with one attached hydrogen (secondary N) is 1. The number of hydrogen-bond acceptors (Lipinski definition) is 6. The molecular formula is C15H20N4O2S. The highest BCUT2D eigenvalue weighted by molar-refractivity contribution is 7.18. The lowest BCUT2D eigenvalue weighted by molar-refractivity contribution is -0.134. The van der Waals surface area contributed by atoms with E-state index in [1.165, 1.54) is 4.88 Å². The van der Waals surface area contributed by atoms with Crippen LogP contribution in [-0.2, 0) is 11.2 Å². The summed E-state index contributed by atoms with van der Waals surface area (Å²) in [4.78, 5) is 25.0. The summed E-state index contributed by atoms with van der Waals surface area (Å²) in [5, 5.41) is 13.3. The van der Waals surface area contributed by atoms with Crippen molar-refractivity contribution in [3.63, 3.8) is 0 Å². The largest absolute Gasteiger partial charge is 0.395 e. The lowest BCUT2D eigenvalue weighted by Gasteiger charge is -2.32. The van der Waals surface area contributed by atoms with Crippen molar-refractivity contribution in [3.05, 3.63) is 17.3 Å². The number of aliphatic hydroxyl groups is 1. The first kappa shape index (κ1) is 15.2. The normalized spacial score (nSPS) is 18.9. The van der Waals surface area contributed by atoms with Crippen molar-refractivity contribution in [1.29, 1.82) is 0 Å². The molecule has 3 rings (SSSR count). The summed E-state index contributed by atoms with van der Waals surface area (Å²) in [6, 6.07) is 1.82. The zero-order valence-electron chi connectivity index (χ0n) is 12.6. The second-order valence-electron chi connectivity index (χ2n) is 5.40. The van der Waals surface area contributed by atoms with Crippen molar-refractivity contribution in [2.45, 2.75) is 32.2 Å². The Balaban J connectivity index is 1.83. The minimum absolute atomic E-state index is 0.000598. The molecule has 0 radical (unpaired) electrons. The number of nitrogens with zero attached hydrogens (tertiary/aromatic N) is 3. The van der Waals surface area contributed by atoms with Crippen LogP contribution in [0.5, 0.6) is 0 Å². The summed E-state index contributed by atoms with van der Waals surface area (Å²) in [7, 11) is 0. The van der Waals surface area contributed by atoms with E-state index in [9.17, 15) is 4.79 Å². The molecule has 2 N–H and O–H groups in total. The van der Waals surface area contributed by atoms with Gasteiger partial charge in [-0.15, -0.1) is 11.3 Å². The van der Waals surface area contributed by atoms with Crippen LogP contribution in [-0.4, -0.2) is 51.6 Å². The molecule has 1 aliphatic rings. The van der Waals surface area contributed by atoms with Crippen LogP contribution in [0.25, 0.3) is 10.2 Å². The van der Waals surface area contributed by atoms with E-state index < -0.39 is 0 Å². The van der Waals surface area contributed by atoms with Crippen molar-refractivity contribution in [2.75, 3.05) is 25.0 Å². The van der Waals surface area contributed by atoms with E-state index in [0.717, 1.165) is 41.8 Å². The predicted molar refractivity (Wildman–Crippen MR) is 87.1 cm³/mol. The van der Waals surface area contributed by atoms with Gasteiger partial charge in [0.15, 0.2) is 0 Å². The summed E-state index contributed by atoms with van der Waals surface area (Å²) in [5.41, 5.74) is 0. The number of aromatic nitrogens is 2. The topological polar surface area (TPSA) is 78.4 Å². The summed E-state index contributed by atoms with van der Waals surface area (Å²) in [6.45, 7) is 3.23. The van der Waals surface area contributed by atoms with Gasteiger partial charge in [-0.25, -0.2) is 9.97 Å². The van der Waals surface area contributed by atoms with E-state index in [1.54, 1.807) is 22.6 Å². The fourth-order valence-corrected chi connectivity index (χ4v) is 3.71. The van der Waals surface area contributed by atoms with Gasteiger partial charge in [-0.05, 0) is 25.3 Å². The number of fused-ring (bicyclic) bond motifs is 1. The molecule has 118 valence electrons. The van der Waals surface area contributed by atoms with Gasteiger partial charge < -0.3 is 15.3 Å². The first-order valence-electron chi connectivity index (χ1n) is 7.62. The van der Waals surface area contributed by atoms with Crippen LogP contribution in [0.1, 0.15) is 24.6 Å². The molecule has 0 unspecified atom stereocenters. The van der Waals surface area contributed by atoms with Crippen LogP contribution in [0, 0.1) is 0 Å². The first-order chi connectivity index (χ1) is 10.7. The molecule has 3 heterocycles. The highest BCUT2D eigenvalue weighted by atomic mass is 32.1. The van der Waals surface area contributed by atoms with Crippen LogP contribution in [0.3, 0.4) is 0 Å². The zero-order chi connectivity index (χ0) is 15.5. The Kier molecular flexibility index (Phi) is 4.54. The number of thiophene rings is 1. The molecule has 7 heteroatoms. The maximum absolute atomic E-state index is 12.4. The molecule has 0 saturated carbocycles. The Morgan fingerprint density at radius 3 is 3.14 bits per heavy atom. The maximum atomic E-state index is 12.4. The zero-order valence-corrected chi connectivity index (χ0v) is 13.4. The highest BCUT2D eigenvalue weighted by Crippen LogP contribution is 2.29. The minimum atomic E-state index is -0.275. The van der Waals surface area contributed by atoms with E-state index in [0.29, 0.717) is 6.54 Å². The fourth-order valence-electron chi connectivity index (χ4n) is 2.78. The van der Waals surface area contributed by atoms with Gasteiger partial charge in [0.05, 0.1) is 12.0 Å². The van der Waals surface area contributed by atoms with Gasteiger partial charge in [-0.3, -0.25) is 4.79 Å². The van der Waals surface area contributed by atoms with Crippen LogP contribution < -0.4 is 5.32 Å². The maximum Gasteiger partial charge on any atom is 0.245 e. The lowest BCUT2D eigenvalue weighted by Crippen LogP contribution is -2.48. The molecule has 1 saturated heterocycles. The smallest absolute Gasteiger partial charge is 0.245 e. The molecule has 1 fully saturated rings. The second kappa shape index (κ2) is 6.58. The standard InChI is InChI=1S/C15H20N4O2S/c1-2-10-8-11-13(16-9-17-14(11)22-10)18-12-4-3-5-19(6-7-20)15(12)21/h8-9,12,20H,2-7H2,1H3,(H,16,17,18)/t12-/m0/s1. The first-order valence-corrected chi connectivity index (χ1v) is 8.44. The van der Waals surface area contributed by atoms with Gasteiger partial charge in [0.2, 0.25) is 5.91 Å². The summed E-state index contributed by atoms with van der Waals surface area (Å²) in [6.07, 6.45) is 4.23. The van der Waals surface area contributed by atoms with Crippen molar-refractivity contribution < 1.29 is 9.90 Å². The van der Waals surface area contributed by atoms with E-state index in [1.807, 2.05) is 0 Å². The van der Waals surface area contributed by atoms with Gasteiger partial charge in [-0.2, -0.15) is 0 Å². The third-order valence-electron chi connectivity index (χ3n) is 3.94. The number of aryl methyl sites for hydroxylation is 1. The number of carbonyl (C=O) groups is 1. The van der Waals surface area contributed by atoms with Crippen molar-refractivity contribution in [2.24, 2.45) is 0 Å². The molecule has 2 aromatic rings. The number of carbonyl (C=O) groups excluding carboxylic acids is 1. The lowest BCUT2D eigenvalue weighted by atomic mass is 10.0. The average Bonchev–Trinajstić information content (AvgIpc) is 2.96. The molecule has 0 spiro atoms. The van der Waals surface area contributed by atoms with Crippen LogP contribution in [0.4, 0.5) is 5.82 Å². The third-order valence-corrected chi connectivity index (χ3v) is 5.13. The third kappa shape index (κ3) is 2.91. The number of likely N-dealkylation sites (tertiary alicyclic amines) is 1. The minimum Gasteiger partial charge on any atom is -0.395 e. The Labute approximate surface area is 133 Å². The number of amides is 1. The van der Waals surface area contributed by atoms with Crippen LogP contribution in [0.15, 0.2) is 12.4 Å². The molecule has 0 aromatic carbocycles. The van der Waals surface area contributed by atoms with Crippen molar-refractivity contribution >= 4 is 33.3 Å². The van der Waals surface area contributed by atoms with Gasteiger partial charge in [0.25, 0.3) is 0 Å². The fraction of sp³-hybridized carbons (Fsp3) is 0.533. The van der Waals surface area contributed by atoms with E-state index in [-0.39, 0.29) is 18.6 Å². The molecule has 2 aromatic heterocycles. The SMILES string of the molecule is CCc1cc2c(N[C@H]3CCCN(CCO)C3=O)ncnc2s1. The highest BCUT2D eigenvalue weighted by Gasteiger charge is 2.29. The van der Waals surface area contributed by atoms with Gasteiger partial charge in [-0.1, -0.05) is 6.92 Å². The number of rotatable bonds is 5. The summed E-state index contributed by atoms with van der Waals surface area (Å²) in [5.74, 6) is 0.767. The molecular weight excluding hydrogens is 300 g/mol. The molecule has 1 amide bonds. The van der Waals surface area contributed by atoms with Gasteiger partial charge in [0, 0.05) is 18.0 Å². The van der Waals surface area contributed by atoms with E-state index in [2.05, 4.69) is 28.3 Å². The quantitative estimate of drug-likeness (QED) is 0.876. The Morgan fingerprint density at radius 2 is 2.36 bits per heavy atom. The van der Waals surface area contributed by atoms with Crippen molar-refractivity contribution in [1.82, 2.24) is 14.9 Å². The van der Waals surface area contributed by atoms with Crippen LogP contribution >= 0.6 is 11.3 Å². The predicted octanol–water partition coefficient (Wildman–Crippen LogP) is 1.65. The Bertz CT molecular complexity index is 671. The van der Waals surface area contributed by atoms with Gasteiger partial charge in [0.1, 0.15) is 23.0 Å². The number of piperidine rings is 1. The molecule has 6 nitrogen and oxygen atoms in total. The number of anilines is 1. The number of β-amino-alcohol motifs (C(OH)–C–C–N with tert-alkyl or cyclic N) is 1. The monoisotopic (exact) mass is 320 g/mol. The van der Waals surface area contributed by atoms with E-state index >= 15 is 0 Å². The molecule has 22 heavy (non-hydrogen) atoms. The van der Waals surface area contributed by atoms with E-state index in [4.69, 9.17) is 5.11 Å². The number of hydrogen-bond donors (Lipinski definition) is 2. The molecule has 1 atom stereocenters. The molecule has 1 aliphatic heterocycles. The summed E-state index contributed by atoms with van der Waals surface area (Å²) < 4.78 is 0. The average molecular weight is 320 g/mol.